The maximum atomic E-state index is 12.5. The van der Waals surface area contributed by atoms with Crippen LogP contribution in [-0.2, 0) is 27.3 Å². The Labute approximate surface area is 118 Å². The van der Waals surface area contributed by atoms with Crippen molar-refractivity contribution in [3.05, 3.63) is 35.4 Å². The standard InChI is InChI=1S/C15H19NO4/c1-15(2,20-3)14(19)16-9-11-7-5-4-6-10(11)8-12(16)13(17)18/h4-7,12H,8-9H2,1-3H3,(H,17,18)/t12-/m1/s1. The van der Waals surface area contributed by atoms with Crippen molar-refractivity contribution in [3.63, 3.8) is 0 Å². The summed E-state index contributed by atoms with van der Waals surface area (Å²) >= 11 is 0. The summed E-state index contributed by atoms with van der Waals surface area (Å²) < 4.78 is 5.18. The molecule has 0 spiro atoms. The number of carbonyl (C=O) groups excluding carboxylic acids is 1. The third-order valence-electron chi connectivity index (χ3n) is 3.82. The number of benzene rings is 1. The number of fused-ring (bicyclic) bond motifs is 1. The number of hydrogen-bond acceptors (Lipinski definition) is 3. The van der Waals surface area contributed by atoms with Crippen LogP contribution in [0.2, 0.25) is 0 Å². The molecule has 1 amide bonds. The van der Waals surface area contributed by atoms with Crippen molar-refractivity contribution in [2.45, 2.75) is 38.5 Å². The fourth-order valence-corrected chi connectivity index (χ4v) is 2.39. The summed E-state index contributed by atoms with van der Waals surface area (Å²) in [6.07, 6.45) is 0.330. The van der Waals surface area contributed by atoms with Crippen LogP contribution in [-0.4, -0.2) is 40.6 Å². The molecule has 2 rings (SSSR count). The van der Waals surface area contributed by atoms with Gasteiger partial charge in [0.15, 0.2) is 0 Å². The Hall–Kier alpha value is -1.88. The molecule has 1 heterocycles. The van der Waals surface area contributed by atoms with E-state index in [1.54, 1.807) is 13.8 Å². The number of amides is 1. The lowest BCUT2D eigenvalue weighted by atomic mass is 9.92. The number of aliphatic carboxylic acids is 1. The van der Waals surface area contributed by atoms with Gasteiger partial charge in [-0.1, -0.05) is 24.3 Å². The first-order chi connectivity index (χ1) is 9.36. The molecule has 1 aliphatic rings. The van der Waals surface area contributed by atoms with Crippen molar-refractivity contribution >= 4 is 11.9 Å². The molecule has 5 heteroatoms. The Balaban J connectivity index is 2.36. The maximum Gasteiger partial charge on any atom is 0.326 e. The van der Waals surface area contributed by atoms with E-state index in [4.69, 9.17) is 4.74 Å². The molecule has 0 saturated carbocycles. The van der Waals surface area contributed by atoms with Crippen molar-refractivity contribution in [1.29, 1.82) is 0 Å². The van der Waals surface area contributed by atoms with Crippen LogP contribution in [0.5, 0.6) is 0 Å². The Kier molecular flexibility index (Phi) is 3.81. The van der Waals surface area contributed by atoms with E-state index in [0.717, 1.165) is 11.1 Å². The minimum absolute atomic E-state index is 0.304. The zero-order valence-corrected chi connectivity index (χ0v) is 11.9. The van der Waals surface area contributed by atoms with Crippen molar-refractivity contribution in [2.75, 3.05) is 7.11 Å². The van der Waals surface area contributed by atoms with Gasteiger partial charge in [-0.3, -0.25) is 4.79 Å². The van der Waals surface area contributed by atoms with Gasteiger partial charge in [0.25, 0.3) is 5.91 Å². The van der Waals surface area contributed by atoms with Crippen LogP contribution >= 0.6 is 0 Å². The minimum Gasteiger partial charge on any atom is -0.480 e. The van der Waals surface area contributed by atoms with E-state index in [1.165, 1.54) is 12.0 Å². The van der Waals surface area contributed by atoms with Crippen LogP contribution in [0, 0.1) is 0 Å². The summed E-state index contributed by atoms with van der Waals surface area (Å²) in [5, 5.41) is 9.39. The summed E-state index contributed by atoms with van der Waals surface area (Å²) in [7, 11) is 1.45. The zero-order chi connectivity index (χ0) is 14.9. The molecule has 0 radical (unpaired) electrons. The monoisotopic (exact) mass is 277 g/mol. The summed E-state index contributed by atoms with van der Waals surface area (Å²) in [5.41, 5.74) is 0.949. The highest BCUT2D eigenvalue weighted by Crippen LogP contribution is 2.26. The van der Waals surface area contributed by atoms with E-state index in [2.05, 4.69) is 0 Å². The fourth-order valence-electron chi connectivity index (χ4n) is 2.39. The van der Waals surface area contributed by atoms with Gasteiger partial charge >= 0.3 is 5.97 Å². The topological polar surface area (TPSA) is 66.8 Å². The van der Waals surface area contributed by atoms with Crippen LogP contribution in [0.1, 0.15) is 25.0 Å². The molecular formula is C15H19NO4. The van der Waals surface area contributed by atoms with Crippen molar-refractivity contribution in [3.8, 4) is 0 Å². The predicted molar refractivity (Wildman–Crippen MR) is 73.2 cm³/mol. The lowest BCUT2D eigenvalue weighted by Crippen LogP contribution is -2.55. The summed E-state index contributed by atoms with van der Waals surface area (Å²) in [5.74, 6) is -1.29. The first kappa shape index (κ1) is 14.5. The second kappa shape index (κ2) is 5.25. The van der Waals surface area contributed by atoms with Crippen LogP contribution in [0.15, 0.2) is 24.3 Å². The maximum absolute atomic E-state index is 12.5. The Morgan fingerprint density at radius 1 is 1.30 bits per heavy atom. The molecule has 0 saturated heterocycles. The van der Waals surface area contributed by atoms with E-state index < -0.39 is 17.6 Å². The second-order valence-electron chi connectivity index (χ2n) is 5.47. The summed E-state index contributed by atoms with van der Waals surface area (Å²) in [6.45, 7) is 3.60. The Morgan fingerprint density at radius 2 is 1.90 bits per heavy atom. The van der Waals surface area contributed by atoms with Gasteiger partial charge in [-0.15, -0.1) is 0 Å². The van der Waals surface area contributed by atoms with Crippen molar-refractivity contribution in [1.82, 2.24) is 4.90 Å². The van der Waals surface area contributed by atoms with E-state index in [1.807, 2.05) is 24.3 Å². The summed E-state index contributed by atoms with van der Waals surface area (Å²) in [4.78, 5) is 25.4. The van der Waals surface area contributed by atoms with Crippen LogP contribution in [0.3, 0.4) is 0 Å². The van der Waals surface area contributed by atoms with Gasteiger partial charge in [-0.25, -0.2) is 4.79 Å². The van der Waals surface area contributed by atoms with Gasteiger partial charge in [0, 0.05) is 20.1 Å². The zero-order valence-electron chi connectivity index (χ0n) is 11.9. The van der Waals surface area contributed by atoms with E-state index in [-0.39, 0.29) is 5.91 Å². The van der Waals surface area contributed by atoms with Crippen molar-refractivity contribution in [2.24, 2.45) is 0 Å². The fraction of sp³-hybridized carbons (Fsp3) is 0.467. The average molecular weight is 277 g/mol. The van der Waals surface area contributed by atoms with Gasteiger partial charge in [-0.05, 0) is 25.0 Å². The lowest BCUT2D eigenvalue weighted by molar-refractivity contribution is -0.162. The van der Waals surface area contributed by atoms with Crippen LogP contribution in [0.25, 0.3) is 0 Å². The molecule has 1 aliphatic heterocycles. The SMILES string of the molecule is COC(C)(C)C(=O)N1Cc2ccccc2C[C@@H]1C(=O)O. The number of carboxylic acid groups (broad SMARTS) is 1. The highest BCUT2D eigenvalue weighted by Gasteiger charge is 2.40. The quantitative estimate of drug-likeness (QED) is 0.908. The molecule has 0 aromatic heterocycles. The van der Waals surface area contributed by atoms with Crippen LogP contribution in [0.4, 0.5) is 0 Å². The smallest absolute Gasteiger partial charge is 0.326 e. The van der Waals surface area contributed by atoms with Crippen LogP contribution < -0.4 is 0 Å². The molecule has 20 heavy (non-hydrogen) atoms. The number of carbonyl (C=O) groups is 2. The third kappa shape index (κ3) is 2.54. The normalized spacial score (nSPS) is 18.6. The van der Waals surface area contributed by atoms with E-state index >= 15 is 0 Å². The Bertz CT molecular complexity index is 538. The van der Waals surface area contributed by atoms with Gasteiger partial charge in [0.05, 0.1) is 0 Å². The van der Waals surface area contributed by atoms with Gasteiger partial charge in [-0.2, -0.15) is 0 Å². The van der Waals surface area contributed by atoms with E-state index in [0.29, 0.717) is 13.0 Å². The van der Waals surface area contributed by atoms with Gasteiger partial charge in [0.1, 0.15) is 11.6 Å². The molecule has 1 N–H and O–H groups in total. The number of methoxy groups -OCH3 is 1. The minimum atomic E-state index is -1.03. The van der Waals surface area contributed by atoms with Gasteiger partial charge < -0.3 is 14.7 Å². The molecule has 0 unspecified atom stereocenters. The first-order valence-electron chi connectivity index (χ1n) is 6.52. The number of hydrogen-bond donors (Lipinski definition) is 1. The summed E-state index contributed by atoms with van der Waals surface area (Å²) in [6, 6.07) is 6.77. The number of carboxylic acids is 1. The lowest BCUT2D eigenvalue weighted by Gasteiger charge is -2.38. The molecule has 0 fully saturated rings. The molecule has 5 nitrogen and oxygen atoms in total. The van der Waals surface area contributed by atoms with Gasteiger partial charge in [0.2, 0.25) is 0 Å². The Morgan fingerprint density at radius 3 is 2.45 bits per heavy atom. The number of ether oxygens (including phenoxy) is 1. The van der Waals surface area contributed by atoms with E-state index in [9.17, 15) is 14.7 Å². The highest BCUT2D eigenvalue weighted by molar-refractivity contribution is 5.89. The molecule has 0 aliphatic carbocycles. The highest BCUT2D eigenvalue weighted by atomic mass is 16.5. The third-order valence-corrected chi connectivity index (χ3v) is 3.82. The number of nitrogens with zero attached hydrogens (tertiary/aromatic N) is 1. The average Bonchev–Trinajstić information content (AvgIpc) is 2.44. The molecule has 0 bridgehead atoms. The molecular weight excluding hydrogens is 258 g/mol. The molecule has 1 aromatic rings. The second-order valence-corrected chi connectivity index (χ2v) is 5.47. The van der Waals surface area contributed by atoms with Crippen molar-refractivity contribution < 1.29 is 19.4 Å². The predicted octanol–water partition coefficient (Wildman–Crippen LogP) is 1.45. The molecule has 1 atom stereocenters. The largest absolute Gasteiger partial charge is 0.480 e. The first-order valence-corrected chi connectivity index (χ1v) is 6.52. The molecule has 108 valence electrons. The molecule has 1 aromatic carbocycles. The number of rotatable bonds is 3.